The van der Waals surface area contributed by atoms with Crippen molar-refractivity contribution in [3.05, 3.63) is 30.6 Å². The largest absolute Gasteiger partial charge is 0.374 e. The van der Waals surface area contributed by atoms with Gasteiger partial charge in [-0.15, -0.1) is 0 Å². The Morgan fingerprint density at radius 3 is 3.00 bits per heavy atom. The number of imidazole rings is 1. The summed E-state index contributed by atoms with van der Waals surface area (Å²) in [5.41, 5.74) is 1.90. The Morgan fingerprint density at radius 2 is 2.20 bits per heavy atom. The van der Waals surface area contributed by atoms with Crippen LogP contribution in [0.15, 0.2) is 30.6 Å². The van der Waals surface area contributed by atoms with Gasteiger partial charge in [-0.3, -0.25) is 4.79 Å². The molecule has 1 aromatic carbocycles. The molecule has 1 fully saturated rings. The highest BCUT2D eigenvalue weighted by molar-refractivity contribution is 7.88. The Bertz CT molecular complexity index is 849. The van der Waals surface area contributed by atoms with Gasteiger partial charge in [-0.2, -0.15) is 4.31 Å². The van der Waals surface area contributed by atoms with Crippen molar-refractivity contribution in [2.75, 3.05) is 32.5 Å². The minimum atomic E-state index is -3.23. The maximum absolute atomic E-state index is 12.1. The first-order valence-corrected chi connectivity index (χ1v) is 10.0. The monoisotopic (exact) mass is 366 g/mol. The van der Waals surface area contributed by atoms with Gasteiger partial charge in [0.1, 0.15) is 0 Å². The normalized spacial score (nSPS) is 19.2. The number of nitrogens with one attached hydrogen (secondary N) is 1. The molecule has 1 saturated heterocycles. The molecule has 0 spiro atoms. The van der Waals surface area contributed by atoms with E-state index in [9.17, 15) is 13.2 Å². The number of carbonyl (C=O) groups excluding carboxylic acids is 1. The van der Waals surface area contributed by atoms with Crippen LogP contribution in [0.5, 0.6) is 0 Å². The fourth-order valence-electron chi connectivity index (χ4n) is 2.84. The number of hydrogen-bond acceptors (Lipinski definition) is 5. The number of ether oxygens (including phenoxy) is 1. The third-order valence-corrected chi connectivity index (χ3v) is 5.47. The van der Waals surface area contributed by atoms with E-state index in [-0.39, 0.29) is 18.6 Å². The Morgan fingerprint density at radius 1 is 1.40 bits per heavy atom. The Labute approximate surface area is 146 Å². The van der Waals surface area contributed by atoms with Crippen molar-refractivity contribution in [2.24, 2.45) is 0 Å². The van der Waals surface area contributed by atoms with Gasteiger partial charge in [-0.05, 0) is 12.1 Å². The SMILES string of the molecule is CS(=O)(=O)N1CCO[C@@H](CNC(=O)CCn2cnc3ccccc32)C1. The first kappa shape index (κ1) is 17.8. The summed E-state index contributed by atoms with van der Waals surface area (Å²) in [4.78, 5) is 16.4. The van der Waals surface area contributed by atoms with E-state index in [2.05, 4.69) is 10.3 Å². The summed E-state index contributed by atoms with van der Waals surface area (Å²) < 4.78 is 32.0. The lowest BCUT2D eigenvalue weighted by Crippen LogP contribution is -2.49. The van der Waals surface area contributed by atoms with Crippen LogP contribution in [0, 0.1) is 0 Å². The van der Waals surface area contributed by atoms with Crippen LogP contribution in [0.3, 0.4) is 0 Å². The van der Waals surface area contributed by atoms with Crippen LogP contribution in [0.25, 0.3) is 11.0 Å². The minimum absolute atomic E-state index is 0.0992. The predicted octanol–water partition coefficient (Wildman–Crippen LogP) is 0.203. The van der Waals surface area contributed by atoms with E-state index >= 15 is 0 Å². The molecule has 1 amide bonds. The Kier molecular flexibility index (Phi) is 5.36. The van der Waals surface area contributed by atoms with Crippen molar-refractivity contribution in [1.82, 2.24) is 19.2 Å². The van der Waals surface area contributed by atoms with Crippen molar-refractivity contribution >= 4 is 27.0 Å². The summed E-state index contributed by atoms with van der Waals surface area (Å²) >= 11 is 0. The molecule has 1 aliphatic rings. The molecule has 0 unspecified atom stereocenters. The Hall–Kier alpha value is -1.97. The fraction of sp³-hybridized carbons (Fsp3) is 0.500. The highest BCUT2D eigenvalue weighted by atomic mass is 32.2. The number of rotatable bonds is 6. The number of para-hydroxylation sites is 2. The average Bonchev–Trinajstić information content (AvgIpc) is 3.01. The quantitative estimate of drug-likeness (QED) is 0.788. The van der Waals surface area contributed by atoms with Gasteiger partial charge in [-0.25, -0.2) is 13.4 Å². The number of amides is 1. The standard InChI is InChI=1S/C16H22N4O4S/c1-25(22,23)20-8-9-24-13(11-20)10-17-16(21)6-7-19-12-18-14-4-2-3-5-15(14)19/h2-5,12-13H,6-11H2,1H3,(H,17,21)/t13-/m0/s1. The predicted molar refractivity (Wildman–Crippen MR) is 93.5 cm³/mol. The molecular weight excluding hydrogens is 344 g/mol. The van der Waals surface area contributed by atoms with Crippen LogP contribution in [-0.2, 0) is 26.1 Å². The van der Waals surface area contributed by atoms with Crippen molar-refractivity contribution in [3.63, 3.8) is 0 Å². The summed E-state index contributed by atoms with van der Waals surface area (Å²) in [6.45, 7) is 1.81. The van der Waals surface area contributed by atoms with Crippen molar-refractivity contribution in [3.8, 4) is 0 Å². The van der Waals surface area contributed by atoms with Gasteiger partial charge in [0.25, 0.3) is 0 Å². The molecule has 1 atom stereocenters. The van der Waals surface area contributed by atoms with Gasteiger partial charge in [0.2, 0.25) is 15.9 Å². The zero-order valence-corrected chi connectivity index (χ0v) is 14.9. The molecule has 3 rings (SSSR count). The molecule has 2 heterocycles. The number of fused-ring (bicyclic) bond motifs is 1. The van der Waals surface area contributed by atoms with Crippen LogP contribution in [0.4, 0.5) is 0 Å². The van der Waals surface area contributed by atoms with E-state index < -0.39 is 10.0 Å². The molecule has 0 radical (unpaired) electrons. The number of nitrogens with zero attached hydrogens (tertiary/aromatic N) is 3. The number of carbonyl (C=O) groups is 1. The van der Waals surface area contributed by atoms with E-state index in [1.807, 2.05) is 28.8 Å². The van der Waals surface area contributed by atoms with E-state index in [0.29, 0.717) is 32.7 Å². The van der Waals surface area contributed by atoms with Gasteiger partial charge >= 0.3 is 0 Å². The molecule has 0 aliphatic carbocycles. The molecule has 1 aliphatic heterocycles. The molecule has 0 bridgehead atoms. The second-order valence-electron chi connectivity index (χ2n) is 6.09. The summed E-state index contributed by atoms with van der Waals surface area (Å²) in [6, 6.07) is 7.76. The van der Waals surface area contributed by atoms with Gasteiger partial charge in [-0.1, -0.05) is 12.1 Å². The van der Waals surface area contributed by atoms with Gasteiger partial charge in [0.05, 0.1) is 36.3 Å². The van der Waals surface area contributed by atoms with Crippen LogP contribution >= 0.6 is 0 Å². The maximum atomic E-state index is 12.1. The van der Waals surface area contributed by atoms with Crippen LogP contribution < -0.4 is 5.32 Å². The van der Waals surface area contributed by atoms with Crippen molar-refractivity contribution < 1.29 is 17.9 Å². The zero-order chi connectivity index (χ0) is 17.9. The van der Waals surface area contributed by atoms with E-state index in [4.69, 9.17) is 4.74 Å². The average molecular weight is 366 g/mol. The molecule has 25 heavy (non-hydrogen) atoms. The lowest BCUT2D eigenvalue weighted by Gasteiger charge is -2.31. The molecule has 1 N–H and O–H groups in total. The van der Waals surface area contributed by atoms with E-state index in [0.717, 1.165) is 11.0 Å². The smallest absolute Gasteiger partial charge is 0.221 e. The number of aromatic nitrogens is 2. The van der Waals surface area contributed by atoms with Crippen molar-refractivity contribution in [1.29, 1.82) is 0 Å². The zero-order valence-electron chi connectivity index (χ0n) is 14.1. The minimum Gasteiger partial charge on any atom is -0.374 e. The third kappa shape index (κ3) is 4.56. The van der Waals surface area contributed by atoms with Crippen LogP contribution in [0.1, 0.15) is 6.42 Å². The third-order valence-electron chi connectivity index (χ3n) is 4.20. The summed E-state index contributed by atoms with van der Waals surface area (Å²) in [6.07, 6.45) is 2.92. The molecular formula is C16H22N4O4S. The van der Waals surface area contributed by atoms with Gasteiger partial charge in [0.15, 0.2) is 0 Å². The molecule has 1 aromatic heterocycles. The second kappa shape index (κ2) is 7.51. The number of morpholine rings is 1. The highest BCUT2D eigenvalue weighted by Crippen LogP contribution is 2.12. The van der Waals surface area contributed by atoms with Crippen molar-refractivity contribution in [2.45, 2.75) is 19.1 Å². The lowest BCUT2D eigenvalue weighted by atomic mass is 10.3. The topological polar surface area (TPSA) is 93.5 Å². The molecule has 2 aromatic rings. The lowest BCUT2D eigenvalue weighted by molar-refractivity contribution is -0.122. The number of benzene rings is 1. The van der Waals surface area contributed by atoms with Gasteiger partial charge < -0.3 is 14.6 Å². The molecule has 136 valence electrons. The second-order valence-corrected chi connectivity index (χ2v) is 8.08. The summed E-state index contributed by atoms with van der Waals surface area (Å²) in [7, 11) is -3.23. The van der Waals surface area contributed by atoms with E-state index in [1.54, 1.807) is 6.33 Å². The fourth-order valence-corrected chi connectivity index (χ4v) is 3.69. The van der Waals surface area contributed by atoms with E-state index in [1.165, 1.54) is 10.6 Å². The van der Waals surface area contributed by atoms with Crippen LogP contribution in [-0.4, -0.2) is 66.8 Å². The number of sulfonamides is 1. The van der Waals surface area contributed by atoms with Crippen LogP contribution in [0.2, 0.25) is 0 Å². The molecule has 9 heteroatoms. The highest BCUT2D eigenvalue weighted by Gasteiger charge is 2.26. The molecule has 0 saturated carbocycles. The summed E-state index contributed by atoms with van der Waals surface area (Å²) in [5, 5.41) is 2.82. The van der Waals surface area contributed by atoms with Gasteiger partial charge in [0, 0.05) is 32.6 Å². The first-order chi connectivity index (χ1) is 11.9. The summed E-state index contributed by atoms with van der Waals surface area (Å²) in [5.74, 6) is -0.0992. The first-order valence-electron chi connectivity index (χ1n) is 8.17. The molecule has 8 nitrogen and oxygen atoms in total. The maximum Gasteiger partial charge on any atom is 0.221 e. The Balaban J connectivity index is 1.47. The number of aryl methyl sites for hydroxylation is 1. The number of hydrogen-bond donors (Lipinski definition) is 1.